The molecule has 1 aromatic rings. The van der Waals surface area contributed by atoms with Gasteiger partial charge in [-0.15, -0.1) is 12.4 Å². The molecule has 2 nitrogen and oxygen atoms in total. The van der Waals surface area contributed by atoms with Gasteiger partial charge in [0.25, 0.3) is 0 Å². The third-order valence-electron chi connectivity index (χ3n) is 7.17. The van der Waals surface area contributed by atoms with E-state index in [1.807, 2.05) is 0 Å². The van der Waals surface area contributed by atoms with Crippen molar-refractivity contribution >= 4 is 18.1 Å². The Labute approximate surface area is 166 Å². The van der Waals surface area contributed by atoms with Crippen LogP contribution in [-0.4, -0.2) is 37.6 Å². The number of nitrogens with zero attached hydrogens (tertiary/aromatic N) is 2. The minimum atomic E-state index is 0. The van der Waals surface area contributed by atoms with Crippen molar-refractivity contribution < 1.29 is 0 Å². The summed E-state index contributed by atoms with van der Waals surface area (Å²) in [5.41, 5.74) is 4.00. The second-order valence-corrected chi connectivity index (χ2v) is 8.87. The second kappa shape index (κ2) is 8.97. The maximum absolute atomic E-state index is 2.67. The Morgan fingerprint density at radius 3 is 2.27 bits per heavy atom. The van der Waals surface area contributed by atoms with Crippen LogP contribution in [0.5, 0.6) is 0 Å². The standard InChI is InChI=1S/C23H36N2.ClH/c1-2-3-6-15-24-16-18-25(19-17-24)22-8-5-4-7-21(22)20-9-11-23(12-10-20)13-14-23;/h4-5,7-8,20H,2-3,6,9-19H2,1H3;1H. The topological polar surface area (TPSA) is 6.48 Å². The second-order valence-electron chi connectivity index (χ2n) is 8.87. The summed E-state index contributed by atoms with van der Waals surface area (Å²) in [5.74, 6) is 0.810. The Bertz CT molecular complexity index is 551. The molecule has 146 valence electrons. The van der Waals surface area contributed by atoms with E-state index in [4.69, 9.17) is 0 Å². The number of para-hydroxylation sites is 1. The molecule has 0 bridgehead atoms. The number of benzene rings is 1. The van der Waals surface area contributed by atoms with Gasteiger partial charge >= 0.3 is 0 Å². The summed E-state index contributed by atoms with van der Waals surface area (Å²) in [5, 5.41) is 0. The first-order valence-corrected chi connectivity index (χ1v) is 10.9. The normalized spacial score (nSPS) is 23.0. The number of rotatable bonds is 6. The molecule has 0 aromatic heterocycles. The zero-order chi connectivity index (χ0) is 17.1. The average Bonchev–Trinajstić information content (AvgIpc) is 3.42. The van der Waals surface area contributed by atoms with Crippen LogP contribution in [0, 0.1) is 5.41 Å². The molecule has 1 spiro atoms. The maximum atomic E-state index is 2.67. The highest BCUT2D eigenvalue weighted by atomic mass is 35.5. The molecule has 3 fully saturated rings. The van der Waals surface area contributed by atoms with Crippen molar-refractivity contribution in [2.75, 3.05) is 37.6 Å². The van der Waals surface area contributed by atoms with E-state index in [0.29, 0.717) is 0 Å². The predicted octanol–water partition coefficient (Wildman–Crippen LogP) is 5.86. The van der Waals surface area contributed by atoms with Crippen LogP contribution in [0.25, 0.3) is 0 Å². The highest BCUT2D eigenvalue weighted by Crippen LogP contribution is 2.59. The van der Waals surface area contributed by atoms with E-state index in [-0.39, 0.29) is 12.4 Å². The molecule has 26 heavy (non-hydrogen) atoms. The zero-order valence-electron chi connectivity index (χ0n) is 16.6. The van der Waals surface area contributed by atoms with E-state index < -0.39 is 0 Å². The Hall–Kier alpha value is -0.730. The molecule has 1 aromatic carbocycles. The minimum Gasteiger partial charge on any atom is -0.369 e. The molecule has 1 saturated heterocycles. The van der Waals surface area contributed by atoms with Gasteiger partial charge in [0, 0.05) is 31.9 Å². The fourth-order valence-corrected chi connectivity index (χ4v) is 5.14. The van der Waals surface area contributed by atoms with E-state index in [0.717, 1.165) is 11.3 Å². The van der Waals surface area contributed by atoms with Crippen LogP contribution in [-0.2, 0) is 0 Å². The smallest absolute Gasteiger partial charge is 0.0402 e. The van der Waals surface area contributed by atoms with Gasteiger partial charge in [0.1, 0.15) is 0 Å². The molecule has 3 heteroatoms. The summed E-state index contributed by atoms with van der Waals surface area (Å²) in [6.45, 7) is 8.50. The van der Waals surface area contributed by atoms with E-state index in [1.165, 1.54) is 90.5 Å². The van der Waals surface area contributed by atoms with E-state index >= 15 is 0 Å². The highest BCUT2D eigenvalue weighted by Gasteiger charge is 2.45. The van der Waals surface area contributed by atoms with Gasteiger partial charge < -0.3 is 4.90 Å². The lowest BCUT2D eigenvalue weighted by Crippen LogP contribution is -2.47. The Kier molecular flexibility index (Phi) is 6.91. The summed E-state index contributed by atoms with van der Waals surface area (Å²) in [6.07, 6.45) is 12.9. The molecule has 1 aliphatic heterocycles. The van der Waals surface area contributed by atoms with Crippen molar-refractivity contribution in [2.45, 2.75) is 70.6 Å². The average molecular weight is 377 g/mol. The number of hydrogen-bond donors (Lipinski definition) is 0. The third kappa shape index (κ3) is 4.57. The molecule has 0 radical (unpaired) electrons. The van der Waals surface area contributed by atoms with Crippen molar-refractivity contribution in [3.8, 4) is 0 Å². The van der Waals surface area contributed by atoms with Gasteiger partial charge in [0.05, 0.1) is 0 Å². The minimum absolute atomic E-state index is 0. The van der Waals surface area contributed by atoms with Crippen LogP contribution in [0.4, 0.5) is 5.69 Å². The fraction of sp³-hybridized carbons (Fsp3) is 0.739. The van der Waals surface area contributed by atoms with Crippen LogP contribution in [0.1, 0.15) is 76.2 Å². The fourth-order valence-electron chi connectivity index (χ4n) is 5.14. The van der Waals surface area contributed by atoms with Gasteiger partial charge in [-0.1, -0.05) is 38.0 Å². The summed E-state index contributed by atoms with van der Waals surface area (Å²) in [4.78, 5) is 5.35. The first kappa shape index (κ1) is 20.0. The number of unbranched alkanes of at least 4 members (excludes halogenated alkanes) is 2. The monoisotopic (exact) mass is 376 g/mol. The zero-order valence-corrected chi connectivity index (χ0v) is 17.4. The van der Waals surface area contributed by atoms with Crippen molar-refractivity contribution in [3.63, 3.8) is 0 Å². The van der Waals surface area contributed by atoms with Gasteiger partial charge in [-0.3, -0.25) is 4.90 Å². The number of piperazine rings is 1. The third-order valence-corrected chi connectivity index (χ3v) is 7.17. The summed E-state index contributed by atoms with van der Waals surface area (Å²) in [6, 6.07) is 9.33. The molecule has 2 saturated carbocycles. The van der Waals surface area contributed by atoms with Crippen LogP contribution in [0.2, 0.25) is 0 Å². The SMILES string of the molecule is CCCCCN1CCN(c2ccccc2C2CCC3(CC2)CC3)CC1.Cl. The van der Waals surface area contributed by atoms with Gasteiger partial charge in [0.2, 0.25) is 0 Å². The molecule has 0 N–H and O–H groups in total. The molecule has 3 aliphatic rings. The predicted molar refractivity (Wildman–Crippen MR) is 115 cm³/mol. The molecule has 4 rings (SSSR count). The van der Waals surface area contributed by atoms with Crippen molar-refractivity contribution in [1.82, 2.24) is 4.90 Å². The molecule has 0 atom stereocenters. The number of hydrogen-bond acceptors (Lipinski definition) is 2. The van der Waals surface area contributed by atoms with Crippen LogP contribution >= 0.6 is 12.4 Å². The van der Waals surface area contributed by atoms with Crippen LogP contribution in [0.15, 0.2) is 24.3 Å². The molecule has 1 heterocycles. The number of anilines is 1. The van der Waals surface area contributed by atoms with E-state index in [9.17, 15) is 0 Å². The van der Waals surface area contributed by atoms with Gasteiger partial charge in [-0.2, -0.15) is 0 Å². The van der Waals surface area contributed by atoms with Crippen molar-refractivity contribution in [1.29, 1.82) is 0 Å². The lowest BCUT2D eigenvalue weighted by Gasteiger charge is -2.38. The molecular formula is C23H37ClN2. The first-order chi connectivity index (χ1) is 12.3. The summed E-state index contributed by atoms with van der Waals surface area (Å²) < 4.78 is 0. The Balaban J connectivity index is 0.00000196. The van der Waals surface area contributed by atoms with Gasteiger partial charge in [0.15, 0.2) is 0 Å². The van der Waals surface area contributed by atoms with Gasteiger partial charge in [-0.05, 0) is 74.5 Å². The van der Waals surface area contributed by atoms with Gasteiger partial charge in [-0.25, -0.2) is 0 Å². The molecule has 2 aliphatic carbocycles. The van der Waals surface area contributed by atoms with Crippen molar-refractivity contribution in [3.05, 3.63) is 29.8 Å². The van der Waals surface area contributed by atoms with Crippen LogP contribution in [0.3, 0.4) is 0 Å². The quantitative estimate of drug-likeness (QED) is 0.574. The highest BCUT2D eigenvalue weighted by molar-refractivity contribution is 5.85. The van der Waals surface area contributed by atoms with E-state index in [2.05, 4.69) is 41.0 Å². The molecular weight excluding hydrogens is 340 g/mol. The molecule has 0 amide bonds. The lowest BCUT2D eigenvalue weighted by molar-refractivity contribution is 0.252. The first-order valence-electron chi connectivity index (χ1n) is 10.9. The Morgan fingerprint density at radius 2 is 1.62 bits per heavy atom. The lowest BCUT2D eigenvalue weighted by atomic mass is 9.76. The Morgan fingerprint density at radius 1 is 0.923 bits per heavy atom. The largest absolute Gasteiger partial charge is 0.369 e. The van der Waals surface area contributed by atoms with E-state index in [1.54, 1.807) is 11.3 Å². The summed E-state index contributed by atoms with van der Waals surface area (Å²) >= 11 is 0. The summed E-state index contributed by atoms with van der Waals surface area (Å²) in [7, 11) is 0. The maximum Gasteiger partial charge on any atom is 0.0402 e. The molecule has 0 unspecified atom stereocenters. The van der Waals surface area contributed by atoms with Crippen LogP contribution < -0.4 is 4.90 Å². The number of halogens is 1. The van der Waals surface area contributed by atoms with Crippen molar-refractivity contribution in [2.24, 2.45) is 5.41 Å².